The zero-order chi connectivity index (χ0) is 15.3. The van der Waals surface area contributed by atoms with E-state index in [2.05, 4.69) is 33.0 Å². The smallest absolute Gasteiger partial charge is 0.161 e. The molecule has 1 N–H and O–H groups in total. The predicted molar refractivity (Wildman–Crippen MR) is 76.2 cm³/mol. The lowest BCUT2D eigenvalue weighted by molar-refractivity contribution is 0.297. The van der Waals surface area contributed by atoms with Gasteiger partial charge in [0, 0.05) is 12.1 Å². The summed E-state index contributed by atoms with van der Waals surface area (Å²) in [6.45, 7) is 9.28. The van der Waals surface area contributed by atoms with Crippen LogP contribution in [0.25, 0.3) is 0 Å². The van der Waals surface area contributed by atoms with Gasteiger partial charge in [-0.3, -0.25) is 0 Å². The first-order valence-corrected chi connectivity index (χ1v) is 7.08. The lowest BCUT2D eigenvalue weighted by atomic mass is 9.83. The highest BCUT2D eigenvalue weighted by Crippen LogP contribution is 2.27. The van der Waals surface area contributed by atoms with Crippen molar-refractivity contribution in [2.75, 3.05) is 6.54 Å². The summed E-state index contributed by atoms with van der Waals surface area (Å²) in [6, 6.07) is 2.03. The molecule has 0 saturated heterocycles. The first kappa shape index (κ1) is 17.0. The number of hydrogen-bond donors (Lipinski definition) is 1. The summed E-state index contributed by atoms with van der Waals surface area (Å²) in [7, 11) is 0. The van der Waals surface area contributed by atoms with Gasteiger partial charge in [-0.25, -0.2) is 13.2 Å². The van der Waals surface area contributed by atoms with Gasteiger partial charge in [0.25, 0.3) is 0 Å². The van der Waals surface area contributed by atoms with E-state index in [0.29, 0.717) is 18.5 Å². The molecule has 4 heteroatoms. The van der Waals surface area contributed by atoms with E-state index in [1.165, 1.54) is 0 Å². The summed E-state index contributed by atoms with van der Waals surface area (Å²) >= 11 is 0. The lowest BCUT2D eigenvalue weighted by Gasteiger charge is -2.25. The van der Waals surface area contributed by atoms with Gasteiger partial charge in [0.2, 0.25) is 0 Å². The van der Waals surface area contributed by atoms with Gasteiger partial charge in [-0.1, -0.05) is 27.7 Å². The summed E-state index contributed by atoms with van der Waals surface area (Å²) in [4.78, 5) is 0. The molecule has 0 fully saturated rings. The number of nitrogens with one attached hydrogen (secondary N) is 1. The second-order valence-corrected chi connectivity index (χ2v) is 6.38. The van der Waals surface area contributed by atoms with Crippen molar-refractivity contribution in [3.63, 3.8) is 0 Å². The maximum atomic E-state index is 13.5. The van der Waals surface area contributed by atoms with E-state index in [-0.39, 0.29) is 11.0 Å². The molecule has 0 aliphatic rings. The van der Waals surface area contributed by atoms with Gasteiger partial charge in [-0.05, 0) is 42.9 Å². The molecule has 0 atom stereocenters. The quantitative estimate of drug-likeness (QED) is 0.731. The zero-order valence-electron chi connectivity index (χ0n) is 12.7. The van der Waals surface area contributed by atoms with Crippen molar-refractivity contribution in [3.05, 3.63) is 35.1 Å². The highest BCUT2D eigenvalue weighted by Gasteiger charge is 2.19. The van der Waals surface area contributed by atoms with Gasteiger partial charge in [0.05, 0.1) is 0 Å². The van der Waals surface area contributed by atoms with Crippen LogP contribution in [0.2, 0.25) is 0 Å². The standard InChI is InChI=1S/C16H24F3N/c1-11(2)20-8-7-16(3,4)6-5-12-9-14(18)15(19)10-13(12)17/h9-11,20H,5-8H2,1-4H3. The lowest BCUT2D eigenvalue weighted by Crippen LogP contribution is -2.28. The van der Waals surface area contributed by atoms with Gasteiger partial charge in [-0.2, -0.15) is 0 Å². The van der Waals surface area contributed by atoms with Crippen LogP contribution in [0.3, 0.4) is 0 Å². The van der Waals surface area contributed by atoms with Crippen molar-refractivity contribution in [3.8, 4) is 0 Å². The second-order valence-electron chi connectivity index (χ2n) is 6.38. The monoisotopic (exact) mass is 287 g/mol. The van der Waals surface area contributed by atoms with E-state index in [1.54, 1.807) is 0 Å². The van der Waals surface area contributed by atoms with Crippen LogP contribution in [-0.2, 0) is 6.42 Å². The van der Waals surface area contributed by atoms with E-state index in [0.717, 1.165) is 25.5 Å². The normalized spacial score (nSPS) is 12.2. The van der Waals surface area contributed by atoms with E-state index >= 15 is 0 Å². The molecule has 20 heavy (non-hydrogen) atoms. The van der Waals surface area contributed by atoms with E-state index in [9.17, 15) is 13.2 Å². The van der Waals surface area contributed by atoms with Crippen LogP contribution in [0.4, 0.5) is 13.2 Å². The fourth-order valence-corrected chi connectivity index (χ4v) is 2.05. The van der Waals surface area contributed by atoms with Crippen LogP contribution < -0.4 is 5.32 Å². The number of halogens is 3. The summed E-state index contributed by atoms with van der Waals surface area (Å²) < 4.78 is 39.5. The topological polar surface area (TPSA) is 12.0 Å². The Morgan fingerprint density at radius 2 is 1.60 bits per heavy atom. The Balaban J connectivity index is 2.55. The predicted octanol–water partition coefficient (Wildman–Crippen LogP) is 4.45. The second kappa shape index (κ2) is 7.11. The SMILES string of the molecule is CC(C)NCCC(C)(C)CCc1cc(F)c(F)cc1F. The Morgan fingerprint density at radius 3 is 2.20 bits per heavy atom. The molecule has 0 heterocycles. The van der Waals surface area contributed by atoms with Crippen molar-refractivity contribution in [1.29, 1.82) is 0 Å². The molecule has 0 aromatic heterocycles. The fraction of sp³-hybridized carbons (Fsp3) is 0.625. The Morgan fingerprint density at radius 1 is 1.00 bits per heavy atom. The third-order valence-corrected chi connectivity index (χ3v) is 3.51. The van der Waals surface area contributed by atoms with Gasteiger partial charge >= 0.3 is 0 Å². The molecule has 1 aromatic rings. The number of aryl methyl sites for hydroxylation is 1. The van der Waals surface area contributed by atoms with Crippen molar-refractivity contribution in [2.24, 2.45) is 5.41 Å². The third kappa shape index (κ3) is 5.53. The van der Waals surface area contributed by atoms with E-state index in [1.807, 2.05) is 0 Å². The fourth-order valence-electron chi connectivity index (χ4n) is 2.05. The number of hydrogen-bond acceptors (Lipinski definition) is 1. The molecular weight excluding hydrogens is 263 g/mol. The van der Waals surface area contributed by atoms with Gasteiger partial charge in [0.15, 0.2) is 11.6 Å². The average Bonchev–Trinajstić information content (AvgIpc) is 2.31. The van der Waals surface area contributed by atoms with Crippen LogP contribution in [0.1, 0.15) is 46.1 Å². The molecule has 1 aromatic carbocycles. The maximum Gasteiger partial charge on any atom is 0.161 e. The minimum atomic E-state index is -1.13. The van der Waals surface area contributed by atoms with Crippen LogP contribution in [0.15, 0.2) is 12.1 Å². The number of rotatable bonds is 7. The van der Waals surface area contributed by atoms with E-state index < -0.39 is 17.5 Å². The zero-order valence-corrected chi connectivity index (χ0v) is 12.7. The molecule has 0 aliphatic carbocycles. The van der Waals surface area contributed by atoms with Gasteiger partial charge in [-0.15, -0.1) is 0 Å². The summed E-state index contributed by atoms with van der Waals surface area (Å²) in [6.07, 6.45) is 2.10. The van der Waals surface area contributed by atoms with Crippen LogP contribution in [0.5, 0.6) is 0 Å². The van der Waals surface area contributed by atoms with Crippen molar-refractivity contribution in [2.45, 2.75) is 53.0 Å². The number of benzene rings is 1. The average molecular weight is 287 g/mol. The summed E-state index contributed by atoms with van der Waals surface area (Å²) in [5, 5.41) is 3.34. The third-order valence-electron chi connectivity index (χ3n) is 3.51. The van der Waals surface area contributed by atoms with Crippen molar-refractivity contribution >= 4 is 0 Å². The molecule has 1 nitrogen and oxygen atoms in total. The Kier molecular flexibility index (Phi) is 6.06. The van der Waals surface area contributed by atoms with Crippen molar-refractivity contribution < 1.29 is 13.2 Å². The molecule has 1 rings (SSSR count). The first-order valence-electron chi connectivity index (χ1n) is 7.08. The summed E-state index contributed by atoms with van der Waals surface area (Å²) in [5.74, 6) is -2.78. The minimum absolute atomic E-state index is 0.0270. The van der Waals surface area contributed by atoms with Crippen LogP contribution in [0, 0.1) is 22.9 Å². The van der Waals surface area contributed by atoms with Crippen LogP contribution in [-0.4, -0.2) is 12.6 Å². The van der Waals surface area contributed by atoms with Gasteiger partial charge in [0.1, 0.15) is 5.82 Å². The molecule has 0 aliphatic heterocycles. The van der Waals surface area contributed by atoms with E-state index in [4.69, 9.17) is 0 Å². The first-order chi connectivity index (χ1) is 9.21. The Bertz CT molecular complexity index is 442. The maximum absolute atomic E-state index is 13.5. The minimum Gasteiger partial charge on any atom is -0.315 e. The molecule has 0 saturated carbocycles. The molecule has 0 unspecified atom stereocenters. The molecule has 0 amide bonds. The molecule has 0 bridgehead atoms. The molecule has 0 radical (unpaired) electrons. The molecule has 114 valence electrons. The largest absolute Gasteiger partial charge is 0.315 e. The summed E-state index contributed by atoms with van der Waals surface area (Å²) in [5.41, 5.74) is 0.271. The Labute approximate surface area is 119 Å². The highest BCUT2D eigenvalue weighted by atomic mass is 19.2. The van der Waals surface area contributed by atoms with Crippen molar-refractivity contribution in [1.82, 2.24) is 5.32 Å². The Hall–Kier alpha value is -1.03. The highest BCUT2D eigenvalue weighted by molar-refractivity contribution is 5.20. The molecular formula is C16H24F3N. The molecule has 0 spiro atoms. The van der Waals surface area contributed by atoms with Crippen LogP contribution >= 0.6 is 0 Å². The van der Waals surface area contributed by atoms with Gasteiger partial charge < -0.3 is 5.32 Å².